The molecule has 4 aromatic rings. The quantitative estimate of drug-likeness (QED) is 0.606. The number of phenolic OH excluding ortho intramolecular Hbond substituents is 1. The summed E-state index contributed by atoms with van der Waals surface area (Å²) >= 11 is 0. The molecule has 0 aliphatic carbocycles. The van der Waals surface area contributed by atoms with Crippen molar-refractivity contribution in [2.45, 2.75) is 6.92 Å². The van der Waals surface area contributed by atoms with Gasteiger partial charge in [-0.3, -0.25) is 4.98 Å². The molecule has 0 saturated heterocycles. The molecule has 0 spiro atoms. The maximum atomic E-state index is 9.80. The first-order chi connectivity index (χ1) is 11.2. The summed E-state index contributed by atoms with van der Waals surface area (Å²) in [5.74, 6) is 1.05. The van der Waals surface area contributed by atoms with Crippen LogP contribution in [0.4, 0.5) is 0 Å². The van der Waals surface area contributed by atoms with Crippen molar-refractivity contribution in [1.29, 1.82) is 0 Å². The molecule has 0 fully saturated rings. The molecule has 2 heterocycles. The highest BCUT2D eigenvalue weighted by Gasteiger charge is 2.14. The summed E-state index contributed by atoms with van der Waals surface area (Å²) < 4.78 is 5.35. The van der Waals surface area contributed by atoms with Gasteiger partial charge >= 0.3 is 0 Å². The first-order valence-corrected chi connectivity index (χ1v) is 7.20. The smallest absolute Gasteiger partial charge is 0.258 e. The summed E-state index contributed by atoms with van der Waals surface area (Å²) in [5.41, 5.74) is 3.14. The van der Waals surface area contributed by atoms with Crippen LogP contribution >= 0.6 is 0 Å². The highest BCUT2D eigenvalue weighted by molar-refractivity contribution is 5.82. The fraction of sp³-hybridized carbons (Fsp3) is 0.0556. The van der Waals surface area contributed by atoms with Crippen LogP contribution in [0.15, 0.2) is 59.3 Å². The third-order valence-electron chi connectivity index (χ3n) is 3.81. The van der Waals surface area contributed by atoms with E-state index in [-0.39, 0.29) is 5.75 Å². The monoisotopic (exact) mass is 303 g/mol. The topological polar surface area (TPSA) is 72.0 Å². The molecule has 0 bridgehead atoms. The summed E-state index contributed by atoms with van der Waals surface area (Å²) in [6, 6.07) is 15.1. The SMILES string of the molecule is Cc1c(O)cccc1-c1nc(-c2cnc3ccccc3c2)no1. The van der Waals surface area contributed by atoms with E-state index in [2.05, 4.69) is 15.1 Å². The van der Waals surface area contributed by atoms with Gasteiger partial charge in [0.05, 0.1) is 5.52 Å². The molecule has 5 nitrogen and oxygen atoms in total. The highest BCUT2D eigenvalue weighted by Crippen LogP contribution is 2.29. The van der Waals surface area contributed by atoms with Gasteiger partial charge in [-0.2, -0.15) is 4.98 Å². The number of benzene rings is 2. The minimum atomic E-state index is 0.203. The van der Waals surface area contributed by atoms with Crippen LogP contribution in [0.1, 0.15) is 5.56 Å². The molecular weight excluding hydrogens is 290 g/mol. The van der Waals surface area contributed by atoms with Crippen LogP contribution in [0, 0.1) is 6.92 Å². The molecule has 0 aliphatic heterocycles. The molecule has 5 heteroatoms. The fourth-order valence-electron chi connectivity index (χ4n) is 2.50. The molecule has 0 saturated carbocycles. The van der Waals surface area contributed by atoms with Crippen molar-refractivity contribution in [2.75, 3.05) is 0 Å². The first kappa shape index (κ1) is 13.5. The zero-order valence-electron chi connectivity index (χ0n) is 12.4. The fourth-order valence-corrected chi connectivity index (χ4v) is 2.50. The maximum absolute atomic E-state index is 9.80. The highest BCUT2D eigenvalue weighted by atomic mass is 16.5. The van der Waals surface area contributed by atoms with Crippen LogP contribution in [-0.2, 0) is 0 Å². The number of aromatic hydroxyl groups is 1. The van der Waals surface area contributed by atoms with Gasteiger partial charge in [-0.15, -0.1) is 0 Å². The Kier molecular flexibility index (Phi) is 3.05. The molecule has 0 radical (unpaired) electrons. The Hall–Kier alpha value is -3.21. The summed E-state index contributed by atoms with van der Waals surface area (Å²) in [6.45, 7) is 1.81. The van der Waals surface area contributed by atoms with E-state index >= 15 is 0 Å². The van der Waals surface area contributed by atoms with Crippen LogP contribution in [-0.4, -0.2) is 20.2 Å². The largest absolute Gasteiger partial charge is 0.508 e. The van der Waals surface area contributed by atoms with Crippen LogP contribution in [0.25, 0.3) is 33.7 Å². The number of nitrogens with zero attached hydrogens (tertiary/aromatic N) is 3. The minimum absolute atomic E-state index is 0.203. The lowest BCUT2D eigenvalue weighted by Crippen LogP contribution is -1.86. The number of phenols is 1. The lowest BCUT2D eigenvalue weighted by Gasteiger charge is -2.02. The molecule has 112 valence electrons. The molecule has 4 rings (SSSR count). The van der Waals surface area contributed by atoms with Crippen molar-refractivity contribution in [3.63, 3.8) is 0 Å². The van der Waals surface area contributed by atoms with E-state index in [0.717, 1.165) is 22.0 Å². The molecule has 0 amide bonds. The van der Waals surface area contributed by atoms with Crippen LogP contribution in [0.3, 0.4) is 0 Å². The molecule has 1 N–H and O–H groups in total. The van der Waals surface area contributed by atoms with Crippen molar-refractivity contribution in [1.82, 2.24) is 15.1 Å². The average molecular weight is 303 g/mol. The van der Waals surface area contributed by atoms with Gasteiger partial charge in [0, 0.05) is 28.3 Å². The number of para-hydroxylation sites is 1. The second-order valence-electron chi connectivity index (χ2n) is 5.29. The Balaban J connectivity index is 1.78. The lowest BCUT2D eigenvalue weighted by atomic mass is 10.1. The van der Waals surface area contributed by atoms with E-state index in [0.29, 0.717) is 17.3 Å². The lowest BCUT2D eigenvalue weighted by molar-refractivity contribution is 0.431. The summed E-state index contributed by atoms with van der Waals surface area (Å²) in [7, 11) is 0. The van der Waals surface area contributed by atoms with Crippen molar-refractivity contribution >= 4 is 10.9 Å². The minimum Gasteiger partial charge on any atom is -0.508 e. The Bertz CT molecular complexity index is 1010. The van der Waals surface area contributed by atoms with E-state index in [1.54, 1.807) is 18.3 Å². The molecule has 0 atom stereocenters. The third kappa shape index (κ3) is 2.32. The molecular formula is C18H13N3O2. The van der Waals surface area contributed by atoms with Gasteiger partial charge < -0.3 is 9.63 Å². The van der Waals surface area contributed by atoms with Crippen molar-refractivity contribution in [3.05, 3.63) is 60.3 Å². The van der Waals surface area contributed by atoms with Gasteiger partial charge in [0.15, 0.2) is 0 Å². The average Bonchev–Trinajstić information content (AvgIpc) is 3.07. The predicted molar refractivity (Wildman–Crippen MR) is 86.9 cm³/mol. The molecule has 0 unspecified atom stereocenters. The molecule has 23 heavy (non-hydrogen) atoms. The number of hydrogen-bond donors (Lipinski definition) is 1. The van der Waals surface area contributed by atoms with Crippen molar-refractivity contribution in [2.24, 2.45) is 0 Å². The van der Waals surface area contributed by atoms with Crippen molar-refractivity contribution in [3.8, 4) is 28.6 Å². The van der Waals surface area contributed by atoms with Gasteiger partial charge in [0.2, 0.25) is 5.82 Å². The van der Waals surface area contributed by atoms with Crippen LogP contribution in [0.2, 0.25) is 0 Å². The standard InChI is InChI=1S/C18H13N3O2/c1-11-14(6-4-8-16(11)22)18-20-17(21-23-18)13-9-12-5-2-3-7-15(12)19-10-13/h2-10,22H,1H3. The Morgan fingerprint density at radius 2 is 1.91 bits per heavy atom. The maximum Gasteiger partial charge on any atom is 0.258 e. The Morgan fingerprint density at radius 1 is 1.04 bits per heavy atom. The second-order valence-corrected chi connectivity index (χ2v) is 5.29. The third-order valence-corrected chi connectivity index (χ3v) is 3.81. The van der Waals surface area contributed by atoms with E-state index in [1.165, 1.54) is 0 Å². The van der Waals surface area contributed by atoms with Gasteiger partial charge in [0.1, 0.15) is 5.75 Å². The summed E-state index contributed by atoms with van der Waals surface area (Å²) in [5, 5.41) is 14.9. The zero-order valence-corrected chi connectivity index (χ0v) is 12.4. The van der Waals surface area contributed by atoms with E-state index in [9.17, 15) is 5.11 Å². The first-order valence-electron chi connectivity index (χ1n) is 7.20. The van der Waals surface area contributed by atoms with E-state index in [1.807, 2.05) is 43.3 Å². The second kappa shape index (κ2) is 5.21. The van der Waals surface area contributed by atoms with Gasteiger partial charge in [-0.05, 0) is 31.2 Å². The summed E-state index contributed by atoms with van der Waals surface area (Å²) in [4.78, 5) is 8.84. The number of pyridine rings is 1. The zero-order chi connectivity index (χ0) is 15.8. The van der Waals surface area contributed by atoms with E-state index < -0.39 is 0 Å². The summed E-state index contributed by atoms with van der Waals surface area (Å²) in [6.07, 6.45) is 1.73. The Morgan fingerprint density at radius 3 is 2.83 bits per heavy atom. The van der Waals surface area contributed by atoms with E-state index in [4.69, 9.17) is 4.52 Å². The van der Waals surface area contributed by atoms with Crippen LogP contribution in [0.5, 0.6) is 5.75 Å². The van der Waals surface area contributed by atoms with Gasteiger partial charge in [-0.1, -0.05) is 29.4 Å². The number of aromatic nitrogens is 3. The molecule has 0 aliphatic rings. The number of fused-ring (bicyclic) bond motifs is 1. The molecule has 2 aromatic carbocycles. The van der Waals surface area contributed by atoms with Gasteiger partial charge in [-0.25, -0.2) is 0 Å². The Labute approximate surface area is 132 Å². The van der Waals surface area contributed by atoms with Gasteiger partial charge in [0.25, 0.3) is 5.89 Å². The predicted octanol–water partition coefficient (Wildman–Crippen LogP) is 3.97. The number of rotatable bonds is 2. The normalized spacial score (nSPS) is 11.0. The van der Waals surface area contributed by atoms with Crippen molar-refractivity contribution < 1.29 is 9.63 Å². The number of hydrogen-bond acceptors (Lipinski definition) is 5. The molecule has 2 aromatic heterocycles. The van der Waals surface area contributed by atoms with Crippen LogP contribution < -0.4 is 0 Å².